The molecular weight excluding hydrogens is 556 g/mol. The Hall–Kier alpha value is -6.34. The fourth-order valence-electron chi connectivity index (χ4n) is 5.21. The molecule has 0 atom stereocenters. The van der Waals surface area contributed by atoms with E-state index in [0.29, 0.717) is 23.4 Å². The lowest BCUT2D eigenvalue weighted by atomic mass is 10.0. The summed E-state index contributed by atoms with van der Waals surface area (Å²) in [6, 6.07) is 40.0. The highest BCUT2D eigenvalue weighted by atomic mass is 16.3. The summed E-state index contributed by atoms with van der Waals surface area (Å²) in [5.74, 6) is 2.33. The predicted molar refractivity (Wildman–Crippen MR) is 176 cm³/mol. The molecule has 0 fully saturated rings. The Bertz CT molecular complexity index is 2100. The van der Waals surface area contributed by atoms with Crippen LogP contribution in [-0.2, 0) is 0 Å². The standard InChI is InChI=1S/C38H24N6O/c1-2-8-34-33(7-1)41-38(45-34)30-19-17-29(18-20-30)37-43-35(27-13-9-25(10-14-27)31-5-3-21-39-23-31)42-36(44-37)28-15-11-26(12-16-28)32-6-4-22-40-24-32/h1-24H. The van der Waals surface area contributed by atoms with Crippen molar-refractivity contribution in [1.29, 1.82) is 0 Å². The summed E-state index contributed by atoms with van der Waals surface area (Å²) < 4.78 is 5.98. The van der Waals surface area contributed by atoms with Gasteiger partial charge in [0.05, 0.1) is 0 Å². The number of para-hydroxylation sites is 2. The normalized spacial score (nSPS) is 11.1. The minimum Gasteiger partial charge on any atom is -0.436 e. The van der Waals surface area contributed by atoms with Crippen molar-refractivity contribution in [2.45, 2.75) is 0 Å². The number of fused-ring (bicyclic) bond motifs is 1. The second kappa shape index (κ2) is 11.4. The highest BCUT2D eigenvalue weighted by Crippen LogP contribution is 2.30. The largest absolute Gasteiger partial charge is 0.436 e. The van der Waals surface area contributed by atoms with Crippen LogP contribution in [0.4, 0.5) is 0 Å². The third-order valence-electron chi connectivity index (χ3n) is 7.60. The zero-order chi connectivity index (χ0) is 30.0. The third-order valence-corrected chi connectivity index (χ3v) is 7.60. The van der Waals surface area contributed by atoms with Gasteiger partial charge >= 0.3 is 0 Å². The van der Waals surface area contributed by atoms with Gasteiger partial charge in [0, 0.05) is 47.0 Å². The Balaban J connectivity index is 1.18. The minimum absolute atomic E-state index is 0.571. The van der Waals surface area contributed by atoms with Gasteiger partial charge in [-0.1, -0.05) is 84.9 Å². The van der Waals surface area contributed by atoms with E-state index in [2.05, 4.69) is 39.2 Å². The molecule has 8 rings (SSSR count). The van der Waals surface area contributed by atoms with E-state index < -0.39 is 0 Å². The van der Waals surface area contributed by atoms with Gasteiger partial charge in [-0.3, -0.25) is 9.97 Å². The predicted octanol–water partition coefficient (Wildman–Crippen LogP) is 8.80. The molecule has 0 aliphatic heterocycles. The van der Waals surface area contributed by atoms with Gasteiger partial charge in [0.1, 0.15) is 5.52 Å². The van der Waals surface area contributed by atoms with E-state index in [-0.39, 0.29) is 0 Å². The first-order chi connectivity index (χ1) is 22.3. The van der Waals surface area contributed by atoms with Gasteiger partial charge in [-0.05, 0) is 58.7 Å². The maximum Gasteiger partial charge on any atom is 0.227 e. The molecule has 0 amide bonds. The van der Waals surface area contributed by atoms with Crippen molar-refractivity contribution in [2.75, 3.05) is 0 Å². The molecule has 0 aliphatic rings. The quantitative estimate of drug-likeness (QED) is 0.194. The molecule has 0 radical (unpaired) electrons. The molecule has 7 heteroatoms. The smallest absolute Gasteiger partial charge is 0.227 e. The number of hydrogen-bond donors (Lipinski definition) is 0. The summed E-state index contributed by atoms with van der Waals surface area (Å²) in [6.07, 6.45) is 7.26. The second-order valence-corrected chi connectivity index (χ2v) is 10.5. The minimum atomic E-state index is 0.571. The number of aromatic nitrogens is 6. The molecule has 212 valence electrons. The second-order valence-electron chi connectivity index (χ2n) is 10.5. The number of pyridine rings is 2. The Morgan fingerprint density at radius 3 is 1.24 bits per heavy atom. The van der Waals surface area contributed by atoms with Crippen molar-refractivity contribution >= 4 is 11.1 Å². The van der Waals surface area contributed by atoms with Gasteiger partial charge in [0.25, 0.3) is 0 Å². The Morgan fingerprint density at radius 1 is 0.356 bits per heavy atom. The molecule has 0 spiro atoms. The van der Waals surface area contributed by atoms with Gasteiger partial charge < -0.3 is 4.42 Å². The van der Waals surface area contributed by atoms with E-state index in [1.54, 1.807) is 12.4 Å². The zero-order valence-corrected chi connectivity index (χ0v) is 23.9. The van der Waals surface area contributed by atoms with E-state index in [1.165, 1.54) is 0 Å². The molecule has 0 N–H and O–H groups in total. The van der Waals surface area contributed by atoms with Crippen LogP contribution in [0.15, 0.2) is 151 Å². The van der Waals surface area contributed by atoms with E-state index in [1.807, 2.05) is 109 Å². The number of rotatable bonds is 6. The number of hydrogen-bond acceptors (Lipinski definition) is 7. The summed E-state index contributed by atoms with van der Waals surface area (Å²) in [5, 5.41) is 0. The summed E-state index contributed by atoms with van der Waals surface area (Å²) in [6.45, 7) is 0. The molecule has 4 heterocycles. The Kier molecular flexibility index (Phi) is 6.66. The van der Waals surface area contributed by atoms with E-state index >= 15 is 0 Å². The molecule has 45 heavy (non-hydrogen) atoms. The van der Waals surface area contributed by atoms with Crippen LogP contribution in [0.3, 0.4) is 0 Å². The van der Waals surface area contributed by atoms with Crippen LogP contribution in [0.5, 0.6) is 0 Å². The van der Waals surface area contributed by atoms with Crippen LogP contribution >= 0.6 is 0 Å². The molecule has 0 unspecified atom stereocenters. The molecule has 7 nitrogen and oxygen atoms in total. The van der Waals surface area contributed by atoms with Crippen LogP contribution in [0.1, 0.15) is 0 Å². The zero-order valence-electron chi connectivity index (χ0n) is 23.9. The molecule has 0 aliphatic carbocycles. The van der Waals surface area contributed by atoms with Crippen LogP contribution in [0.25, 0.3) is 79.0 Å². The highest BCUT2D eigenvalue weighted by Gasteiger charge is 2.14. The van der Waals surface area contributed by atoms with Crippen LogP contribution in [0, 0.1) is 0 Å². The Labute approximate surface area is 259 Å². The average Bonchev–Trinajstić information content (AvgIpc) is 3.57. The average molecular weight is 581 g/mol. The van der Waals surface area contributed by atoms with Gasteiger partial charge in [-0.15, -0.1) is 0 Å². The summed E-state index contributed by atoms with van der Waals surface area (Å²) in [4.78, 5) is 27.9. The SMILES string of the molecule is c1cncc(-c2ccc(-c3nc(-c4ccc(-c5cccnc5)cc4)nc(-c4ccc(-c5nc6ccccc6o5)cc4)n3)cc2)c1. The first-order valence-electron chi connectivity index (χ1n) is 14.5. The molecule has 0 saturated heterocycles. The molecule has 4 aromatic carbocycles. The van der Waals surface area contributed by atoms with Crippen molar-refractivity contribution < 1.29 is 4.42 Å². The molecular formula is C38H24N6O. The van der Waals surface area contributed by atoms with Gasteiger partial charge in [-0.2, -0.15) is 0 Å². The van der Waals surface area contributed by atoms with Crippen LogP contribution in [-0.4, -0.2) is 29.9 Å². The molecule has 4 aromatic heterocycles. The maximum atomic E-state index is 5.98. The molecule has 0 bridgehead atoms. The van der Waals surface area contributed by atoms with Crippen molar-refractivity contribution in [1.82, 2.24) is 29.9 Å². The summed E-state index contributed by atoms with van der Waals surface area (Å²) >= 11 is 0. The monoisotopic (exact) mass is 580 g/mol. The van der Waals surface area contributed by atoms with Crippen LogP contribution in [0.2, 0.25) is 0 Å². The lowest BCUT2D eigenvalue weighted by molar-refractivity contribution is 0.620. The van der Waals surface area contributed by atoms with Gasteiger partial charge in [-0.25, -0.2) is 19.9 Å². The van der Waals surface area contributed by atoms with E-state index in [0.717, 1.165) is 55.6 Å². The first-order valence-corrected chi connectivity index (χ1v) is 14.5. The lowest BCUT2D eigenvalue weighted by Gasteiger charge is -2.10. The highest BCUT2D eigenvalue weighted by molar-refractivity contribution is 5.77. The third kappa shape index (κ3) is 5.34. The van der Waals surface area contributed by atoms with Gasteiger partial charge in [0.15, 0.2) is 23.1 Å². The molecule has 8 aromatic rings. The van der Waals surface area contributed by atoms with E-state index in [9.17, 15) is 0 Å². The molecule has 0 saturated carbocycles. The fraction of sp³-hybridized carbons (Fsp3) is 0. The first kappa shape index (κ1) is 26.3. The lowest BCUT2D eigenvalue weighted by Crippen LogP contribution is -2.00. The number of nitrogens with zero attached hydrogens (tertiary/aromatic N) is 6. The summed E-state index contributed by atoms with van der Waals surface area (Å²) in [7, 11) is 0. The van der Waals surface area contributed by atoms with Crippen molar-refractivity contribution in [3.63, 3.8) is 0 Å². The Morgan fingerprint density at radius 2 is 0.800 bits per heavy atom. The fourth-order valence-corrected chi connectivity index (χ4v) is 5.21. The van der Waals surface area contributed by atoms with Crippen molar-refractivity contribution in [2.24, 2.45) is 0 Å². The summed E-state index contributed by atoms with van der Waals surface area (Å²) in [5.41, 5.74) is 9.34. The topological polar surface area (TPSA) is 90.5 Å². The number of oxazole rings is 1. The van der Waals surface area contributed by atoms with Gasteiger partial charge in [0.2, 0.25) is 5.89 Å². The van der Waals surface area contributed by atoms with Crippen molar-refractivity contribution in [3.8, 4) is 67.9 Å². The van der Waals surface area contributed by atoms with E-state index in [4.69, 9.17) is 19.4 Å². The van der Waals surface area contributed by atoms with Crippen LogP contribution < -0.4 is 0 Å². The maximum absolute atomic E-state index is 5.98. The number of benzene rings is 4. The van der Waals surface area contributed by atoms with Crippen molar-refractivity contribution in [3.05, 3.63) is 146 Å².